The molecule has 14 heavy (non-hydrogen) atoms. The third-order valence-electron chi connectivity index (χ3n) is 0. The summed E-state index contributed by atoms with van der Waals surface area (Å²) in [5, 5.41) is 22.7. The molecule has 0 aromatic rings. The Morgan fingerprint density at radius 3 is 0.786 bits per heavy atom. The van der Waals surface area contributed by atoms with Crippen LogP contribution >= 0.6 is 0 Å². The molecule has 90 valence electrons. The number of hydrogen-bond donors (Lipinski definition) is 3. The fourth-order valence-electron chi connectivity index (χ4n) is 0. The van der Waals surface area contributed by atoms with Gasteiger partial charge in [0.2, 0.25) is 0 Å². The molecule has 0 aliphatic rings. The zero-order valence-electron chi connectivity index (χ0n) is 9.82. The van der Waals surface area contributed by atoms with Gasteiger partial charge in [0, 0.05) is 19.8 Å². The summed E-state index contributed by atoms with van der Waals surface area (Å²) in [5.74, 6) is 0. The van der Waals surface area contributed by atoms with Crippen LogP contribution in [0.25, 0.3) is 0 Å². The Kier molecular flexibility index (Phi) is 248. The van der Waals surface area contributed by atoms with E-state index in [1.54, 1.807) is 20.8 Å². The van der Waals surface area contributed by atoms with Crippen molar-refractivity contribution in [3.63, 3.8) is 0 Å². The maximum Gasteiger partial charge on any atom is 2.00 e. The largest absolute Gasteiger partial charge is 2.00 e. The van der Waals surface area contributed by atoms with Crippen LogP contribution in [0.3, 0.4) is 0 Å². The average Bonchev–Trinajstić information content (AvgIpc) is 1.92. The molecule has 0 aliphatic heterocycles. The van der Waals surface area contributed by atoms with Crippen molar-refractivity contribution in [1.29, 1.82) is 0 Å². The van der Waals surface area contributed by atoms with Gasteiger partial charge in [-0.15, -0.1) is 0 Å². The Labute approximate surface area is 111 Å². The maximum atomic E-state index is 7.57. The molecule has 0 saturated heterocycles. The maximum absolute atomic E-state index is 7.57. The van der Waals surface area contributed by atoms with Gasteiger partial charge in [-0.3, -0.25) is 0 Å². The summed E-state index contributed by atoms with van der Waals surface area (Å²) in [4.78, 5) is 0. The van der Waals surface area contributed by atoms with Crippen LogP contribution in [0.2, 0.25) is 0 Å². The first kappa shape index (κ1) is 36.3. The van der Waals surface area contributed by atoms with E-state index in [4.69, 9.17) is 15.3 Å². The smallest absolute Gasteiger partial charge is 0.813 e. The molecule has 0 fully saturated rings. The number of rotatable bonds is 0. The Balaban J connectivity index is -0.0000000145. The van der Waals surface area contributed by atoms with Crippen molar-refractivity contribution in [1.82, 2.24) is 0 Å². The molecule has 0 heterocycles. The summed E-state index contributed by atoms with van der Waals surface area (Å²) in [5.41, 5.74) is 0. The fourth-order valence-corrected chi connectivity index (χ4v) is 0. The Morgan fingerprint density at radius 2 is 0.786 bits per heavy atom. The van der Waals surface area contributed by atoms with Crippen molar-refractivity contribution < 1.29 is 37.0 Å². The van der Waals surface area contributed by atoms with Crippen molar-refractivity contribution >= 4 is 13.5 Å². The average molecular weight is 262 g/mol. The van der Waals surface area contributed by atoms with E-state index in [0.29, 0.717) is 0 Å². The zero-order chi connectivity index (χ0) is 10.8. The second-order valence-corrected chi connectivity index (χ2v) is 1.45. The van der Waals surface area contributed by atoms with Crippen molar-refractivity contribution in [2.24, 2.45) is 0 Å². The molecule has 0 atom stereocenters. The summed E-state index contributed by atoms with van der Waals surface area (Å²) in [6, 6.07) is 0. The molecule has 0 saturated carbocycles. The number of hydrogen-bond acceptors (Lipinski definition) is 4. The third kappa shape index (κ3) is 2070. The van der Waals surface area contributed by atoms with Crippen LogP contribution in [-0.2, 0) is 35.2 Å². The van der Waals surface area contributed by atoms with Crippen LogP contribution in [0.4, 0.5) is 0 Å². The van der Waals surface area contributed by atoms with E-state index >= 15 is 0 Å². The molecule has 0 aliphatic carbocycles. The molecule has 0 amide bonds. The molecular weight excluding hydrogens is 236 g/mol. The molecule has 0 rings (SSSR count). The van der Waals surface area contributed by atoms with Gasteiger partial charge in [0.05, 0.1) is 0 Å². The Hall–Kier alpha value is 0.944. The van der Waals surface area contributed by atoms with Gasteiger partial charge in [-0.25, -0.2) is 0 Å². The normalized spacial score (nSPS) is 5.14. The molecule has 0 spiro atoms. The summed E-state index contributed by atoms with van der Waals surface area (Å²) >= 11 is 0. The predicted molar refractivity (Wildman–Crippen MR) is 62.7 cm³/mol. The summed E-state index contributed by atoms with van der Waals surface area (Å²) in [6.45, 7) is 11.3. The first-order valence-corrected chi connectivity index (χ1v) is 4.28. The second-order valence-electron chi connectivity index (χ2n) is 1.45. The molecule has 0 aromatic carbocycles. The molecule has 3 N–H and O–H groups in total. The van der Waals surface area contributed by atoms with Crippen molar-refractivity contribution in [2.75, 3.05) is 19.8 Å². The first-order chi connectivity index (χ1) is 5.66. The summed E-state index contributed by atoms with van der Waals surface area (Å²) < 4.78 is 0. The number of aliphatic hydroxyl groups is 3. The zero-order valence-corrected chi connectivity index (χ0v) is 12.3. The number of aliphatic hydroxyl groups excluding tert-OH is 3. The van der Waals surface area contributed by atoms with Gasteiger partial charge in [-0.05, 0) is 20.8 Å². The molecule has 0 aromatic heterocycles. The van der Waals surface area contributed by atoms with E-state index in [9.17, 15) is 0 Å². The van der Waals surface area contributed by atoms with Crippen LogP contribution in [0.15, 0.2) is 0 Å². The van der Waals surface area contributed by atoms with Gasteiger partial charge in [-0.1, -0.05) is 6.92 Å². The van der Waals surface area contributed by atoms with Crippen LogP contribution < -0.4 is 0 Å². The van der Waals surface area contributed by atoms with Gasteiger partial charge in [-0.2, -0.15) is 6.42 Å². The Morgan fingerprint density at radius 1 is 0.786 bits per heavy atom. The minimum atomic E-state index is 0. The topological polar surface area (TPSA) is 60.7 Å². The van der Waals surface area contributed by atoms with E-state index in [2.05, 4.69) is 6.92 Å². The molecule has 5 heteroatoms. The van der Waals surface area contributed by atoms with E-state index in [-0.39, 0.29) is 55.0 Å². The third-order valence-corrected chi connectivity index (χ3v) is 0. The molecular formula is C9H26O3STi. The monoisotopic (exact) mass is 262 g/mol. The summed E-state index contributed by atoms with van der Waals surface area (Å²) in [7, 11) is 0. The molecule has 0 radical (unpaired) electrons. The SMILES string of the molecule is CCO.CCO.CCO.[CH2-]CC.[SH-].[Ti+2]. The van der Waals surface area contributed by atoms with Gasteiger partial charge >= 0.3 is 21.7 Å². The summed E-state index contributed by atoms with van der Waals surface area (Å²) in [6.07, 6.45) is 1.00. The van der Waals surface area contributed by atoms with Crippen LogP contribution in [-0.4, -0.2) is 35.1 Å². The van der Waals surface area contributed by atoms with E-state index in [1.165, 1.54) is 0 Å². The fraction of sp³-hybridized carbons (Fsp3) is 0.889. The second kappa shape index (κ2) is 95.6. The first-order valence-electron chi connectivity index (χ1n) is 4.28. The van der Waals surface area contributed by atoms with Gasteiger partial charge in [0.15, 0.2) is 0 Å². The molecule has 3 nitrogen and oxygen atoms in total. The van der Waals surface area contributed by atoms with Gasteiger partial charge < -0.3 is 35.7 Å². The number of thiol groups is 1. The quantitative estimate of drug-likeness (QED) is 0.263. The molecule has 0 bridgehead atoms. The van der Waals surface area contributed by atoms with Crippen molar-refractivity contribution in [3.05, 3.63) is 6.92 Å². The van der Waals surface area contributed by atoms with Gasteiger partial charge in [0.25, 0.3) is 0 Å². The van der Waals surface area contributed by atoms with Crippen LogP contribution in [0.1, 0.15) is 34.1 Å². The standard InChI is InChI=1S/C3H7.3C2H6O.H2S.Ti/c1-3-2;3*1-2-3;;/h1,3H2,2H3;3*3H,2H2,1H3;1H2;/q-1;;;;;+2/p-1. The predicted octanol–water partition coefficient (Wildman–Crippen LogP) is 0.954. The van der Waals surface area contributed by atoms with Crippen molar-refractivity contribution in [3.8, 4) is 0 Å². The van der Waals surface area contributed by atoms with E-state index in [0.717, 1.165) is 6.42 Å². The minimum absolute atomic E-state index is 0. The van der Waals surface area contributed by atoms with Crippen molar-refractivity contribution in [2.45, 2.75) is 34.1 Å². The minimum Gasteiger partial charge on any atom is -0.813 e. The van der Waals surface area contributed by atoms with Crippen LogP contribution in [0.5, 0.6) is 0 Å². The molecule has 0 unspecified atom stereocenters. The van der Waals surface area contributed by atoms with E-state index in [1.807, 2.05) is 6.92 Å². The van der Waals surface area contributed by atoms with Gasteiger partial charge in [0.1, 0.15) is 0 Å². The Bertz CT molecular complexity index is 28.0. The van der Waals surface area contributed by atoms with E-state index < -0.39 is 0 Å². The van der Waals surface area contributed by atoms with Crippen LogP contribution in [0, 0.1) is 6.92 Å².